The second-order valence-electron chi connectivity index (χ2n) is 4.70. The largest absolute Gasteiger partial charge is 0.497 e. The SMILES string of the molecule is COc1ccc(OCc2cncn2C(C)C)c(C=O)c1. The Bertz CT molecular complexity index is 591. The van der Waals surface area contributed by atoms with Crippen LogP contribution in [0.25, 0.3) is 0 Å². The van der Waals surface area contributed by atoms with Gasteiger partial charge in [0.25, 0.3) is 0 Å². The lowest BCUT2D eigenvalue weighted by molar-refractivity contribution is 0.111. The summed E-state index contributed by atoms with van der Waals surface area (Å²) in [5.74, 6) is 1.17. The zero-order valence-electron chi connectivity index (χ0n) is 11.9. The Kier molecular flexibility index (Phi) is 4.40. The number of carbonyl (C=O) groups is 1. The summed E-state index contributed by atoms with van der Waals surface area (Å²) in [7, 11) is 1.56. The Morgan fingerprint density at radius 3 is 2.85 bits per heavy atom. The van der Waals surface area contributed by atoms with Crippen molar-refractivity contribution in [1.29, 1.82) is 0 Å². The minimum absolute atomic E-state index is 0.317. The molecule has 0 unspecified atom stereocenters. The molecule has 1 aromatic carbocycles. The Morgan fingerprint density at radius 2 is 2.20 bits per heavy atom. The van der Waals surface area contributed by atoms with Crippen molar-refractivity contribution < 1.29 is 14.3 Å². The van der Waals surface area contributed by atoms with E-state index in [4.69, 9.17) is 9.47 Å². The lowest BCUT2D eigenvalue weighted by Crippen LogP contribution is -2.07. The van der Waals surface area contributed by atoms with Crippen LogP contribution >= 0.6 is 0 Å². The number of carbonyl (C=O) groups excluding carboxylic acids is 1. The quantitative estimate of drug-likeness (QED) is 0.760. The number of ether oxygens (including phenoxy) is 2. The van der Waals surface area contributed by atoms with Crippen molar-refractivity contribution in [3.63, 3.8) is 0 Å². The highest BCUT2D eigenvalue weighted by molar-refractivity contribution is 5.80. The van der Waals surface area contributed by atoms with Gasteiger partial charge in [0.1, 0.15) is 18.1 Å². The van der Waals surface area contributed by atoms with Crippen molar-refractivity contribution in [2.24, 2.45) is 0 Å². The van der Waals surface area contributed by atoms with E-state index in [1.165, 1.54) is 0 Å². The summed E-state index contributed by atoms with van der Waals surface area (Å²) in [4.78, 5) is 15.2. The van der Waals surface area contributed by atoms with Crippen LogP contribution in [0, 0.1) is 0 Å². The Labute approximate surface area is 118 Å². The fraction of sp³-hybridized carbons (Fsp3) is 0.333. The van der Waals surface area contributed by atoms with Crippen LogP contribution in [0.1, 0.15) is 35.9 Å². The first-order valence-corrected chi connectivity index (χ1v) is 6.42. The Morgan fingerprint density at radius 1 is 1.40 bits per heavy atom. The fourth-order valence-electron chi connectivity index (χ4n) is 1.94. The molecule has 2 rings (SSSR count). The number of methoxy groups -OCH3 is 1. The monoisotopic (exact) mass is 274 g/mol. The summed E-state index contributed by atoms with van der Waals surface area (Å²) in [6, 6.07) is 5.47. The van der Waals surface area contributed by atoms with Gasteiger partial charge in [-0.3, -0.25) is 4.79 Å². The van der Waals surface area contributed by atoms with E-state index in [-0.39, 0.29) is 0 Å². The number of aldehydes is 1. The fourth-order valence-corrected chi connectivity index (χ4v) is 1.94. The highest BCUT2D eigenvalue weighted by Crippen LogP contribution is 2.23. The predicted octanol–water partition coefficient (Wildman–Crippen LogP) is 2.86. The maximum absolute atomic E-state index is 11.1. The molecule has 20 heavy (non-hydrogen) atoms. The van der Waals surface area contributed by atoms with Crippen LogP contribution in [0.3, 0.4) is 0 Å². The highest BCUT2D eigenvalue weighted by atomic mass is 16.5. The van der Waals surface area contributed by atoms with Gasteiger partial charge in [-0.1, -0.05) is 0 Å². The van der Waals surface area contributed by atoms with Gasteiger partial charge in [-0.25, -0.2) is 4.98 Å². The average Bonchev–Trinajstić information content (AvgIpc) is 2.93. The second-order valence-corrected chi connectivity index (χ2v) is 4.70. The number of nitrogens with zero attached hydrogens (tertiary/aromatic N) is 2. The van der Waals surface area contributed by atoms with Gasteiger partial charge in [0.05, 0.1) is 30.9 Å². The van der Waals surface area contributed by atoms with E-state index in [1.807, 2.05) is 4.57 Å². The van der Waals surface area contributed by atoms with Crippen LogP contribution in [-0.4, -0.2) is 22.9 Å². The van der Waals surface area contributed by atoms with Gasteiger partial charge < -0.3 is 14.0 Å². The predicted molar refractivity (Wildman–Crippen MR) is 75.3 cm³/mol. The van der Waals surface area contributed by atoms with Gasteiger partial charge in [-0.15, -0.1) is 0 Å². The number of aromatic nitrogens is 2. The van der Waals surface area contributed by atoms with Crippen molar-refractivity contribution in [1.82, 2.24) is 9.55 Å². The molecule has 0 fully saturated rings. The third-order valence-corrected chi connectivity index (χ3v) is 3.02. The van der Waals surface area contributed by atoms with Crippen LogP contribution in [0.4, 0.5) is 0 Å². The molecule has 0 aliphatic heterocycles. The minimum atomic E-state index is 0.317. The van der Waals surface area contributed by atoms with E-state index in [2.05, 4.69) is 18.8 Å². The molecule has 0 saturated heterocycles. The van der Waals surface area contributed by atoms with E-state index in [9.17, 15) is 4.79 Å². The van der Waals surface area contributed by atoms with Crippen molar-refractivity contribution in [3.8, 4) is 11.5 Å². The molecule has 0 aliphatic rings. The normalized spacial score (nSPS) is 10.6. The van der Waals surface area contributed by atoms with Crippen molar-refractivity contribution in [2.45, 2.75) is 26.5 Å². The first-order chi connectivity index (χ1) is 9.65. The van der Waals surface area contributed by atoms with Crippen molar-refractivity contribution in [3.05, 3.63) is 42.0 Å². The van der Waals surface area contributed by atoms with Crippen LogP contribution in [-0.2, 0) is 6.61 Å². The molecule has 0 saturated carbocycles. The van der Waals surface area contributed by atoms with Gasteiger partial charge in [-0.05, 0) is 32.0 Å². The van der Waals surface area contributed by atoms with E-state index in [0.717, 1.165) is 12.0 Å². The van der Waals surface area contributed by atoms with E-state index < -0.39 is 0 Å². The molecule has 0 aliphatic carbocycles. The lowest BCUT2D eigenvalue weighted by atomic mass is 10.2. The smallest absolute Gasteiger partial charge is 0.153 e. The molecule has 5 heteroatoms. The van der Waals surface area contributed by atoms with Gasteiger partial charge in [-0.2, -0.15) is 0 Å². The average molecular weight is 274 g/mol. The van der Waals surface area contributed by atoms with E-state index in [0.29, 0.717) is 29.7 Å². The highest BCUT2D eigenvalue weighted by Gasteiger charge is 2.09. The molecule has 0 radical (unpaired) electrons. The zero-order chi connectivity index (χ0) is 14.5. The second kappa shape index (κ2) is 6.23. The maximum Gasteiger partial charge on any atom is 0.153 e. The molecule has 5 nitrogen and oxygen atoms in total. The molecule has 1 heterocycles. The number of benzene rings is 1. The summed E-state index contributed by atoms with van der Waals surface area (Å²) >= 11 is 0. The van der Waals surface area contributed by atoms with Gasteiger partial charge in [0, 0.05) is 6.04 Å². The van der Waals surface area contributed by atoms with Crippen molar-refractivity contribution in [2.75, 3.05) is 7.11 Å². The molecule has 0 atom stereocenters. The first-order valence-electron chi connectivity index (χ1n) is 6.42. The summed E-state index contributed by atoms with van der Waals surface area (Å²) in [5.41, 5.74) is 1.44. The van der Waals surface area contributed by atoms with E-state index >= 15 is 0 Å². The Balaban J connectivity index is 2.14. The van der Waals surface area contributed by atoms with Gasteiger partial charge in [0.2, 0.25) is 0 Å². The third kappa shape index (κ3) is 2.99. The summed E-state index contributed by atoms with van der Waals surface area (Å²) in [6.07, 6.45) is 4.31. The standard InChI is InChI=1S/C15H18N2O3/c1-11(2)17-10-16-7-13(17)9-20-15-5-4-14(19-3)6-12(15)8-18/h4-8,10-11H,9H2,1-3H3. The third-order valence-electron chi connectivity index (χ3n) is 3.02. The summed E-state index contributed by atoms with van der Waals surface area (Å²) < 4.78 is 12.8. The van der Waals surface area contributed by atoms with Crippen LogP contribution in [0.2, 0.25) is 0 Å². The maximum atomic E-state index is 11.1. The molecule has 2 aromatic rings. The molecule has 0 bridgehead atoms. The molecule has 0 spiro atoms. The molecular formula is C15H18N2O3. The number of imidazole rings is 1. The zero-order valence-corrected chi connectivity index (χ0v) is 11.9. The minimum Gasteiger partial charge on any atom is -0.497 e. The number of hydrogen-bond acceptors (Lipinski definition) is 4. The number of rotatable bonds is 6. The Hall–Kier alpha value is -2.30. The first kappa shape index (κ1) is 14.1. The topological polar surface area (TPSA) is 53.4 Å². The van der Waals surface area contributed by atoms with Crippen LogP contribution < -0.4 is 9.47 Å². The van der Waals surface area contributed by atoms with E-state index in [1.54, 1.807) is 37.8 Å². The number of hydrogen-bond donors (Lipinski definition) is 0. The van der Waals surface area contributed by atoms with Crippen LogP contribution in [0.15, 0.2) is 30.7 Å². The van der Waals surface area contributed by atoms with Crippen LogP contribution in [0.5, 0.6) is 11.5 Å². The van der Waals surface area contributed by atoms with Gasteiger partial charge >= 0.3 is 0 Å². The summed E-state index contributed by atoms with van der Waals surface area (Å²) in [5, 5.41) is 0. The van der Waals surface area contributed by atoms with Gasteiger partial charge in [0.15, 0.2) is 6.29 Å². The van der Waals surface area contributed by atoms with Crippen molar-refractivity contribution >= 4 is 6.29 Å². The molecule has 106 valence electrons. The lowest BCUT2D eigenvalue weighted by Gasteiger charge is -2.13. The summed E-state index contributed by atoms with van der Waals surface area (Å²) in [6.45, 7) is 4.52. The molecule has 1 aromatic heterocycles. The molecule has 0 N–H and O–H groups in total. The molecular weight excluding hydrogens is 256 g/mol. The molecule has 0 amide bonds.